The van der Waals surface area contributed by atoms with Crippen molar-refractivity contribution in [2.45, 2.75) is 6.18 Å². The van der Waals surface area contributed by atoms with E-state index in [1.165, 1.54) is 12.1 Å². The molecule has 0 saturated heterocycles. The minimum atomic E-state index is -4.54. The molecule has 206 valence electrons. The zero-order valence-electron chi connectivity index (χ0n) is 21.7. The highest BCUT2D eigenvalue weighted by molar-refractivity contribution is 6.04. The van der Waals surface area contributed by atoms with E-state index in [0.29, 0.717) is 22.9 Å². The molecule has 2 heterocycles. The average molecular weight is 557 g/mol. The van der Waals surface area contributed by atoms with E-state index >= 15 is 0 Å². The summed E-state index contributed by atoms with van der Waals surface area (Å²) < 4.78 is 50.1. The van der Waals surface area contributed by atoms with Crippen LogP contribution < -0.4 is 19.8 Å². The van der Waals surface area contributed by atoms with Crippen LogP contribution in [0.1, 0.15) is 27.2 Å². The number of aromatic nitrogens is 2. The fourth-order valence-corrected chi connectivity index (χ4v) is 4.55. The highest BCUT2D eigenvalue weighted by Crippen LogP contribution is 2.33. The molecule has 0 aliphatic carbocycles. The van der Waals surface area contributed by atoms with Crippen molar-refractivity contribution in [3.8, 4) is 11.5 Å². The van der Waals surface area contributed by atoms with Crippen LogP contribution in [0.25, 0.3) is 23.1 Å². The van der Waals surface area contributed by atoms with Crippen LogP contribution in [0.5, 0.6) is 11.5 Å². The van der Waals surface area contributed by atoms with E-state index in [4.69, 9.17) is 14.6 Å². The number of nitrogens with one attached hydrogen (secondary N) is 1. The quantitative estimate of drug-likeness (QED) is 0.242. The zero-order valence-corrected chi connectivity index (χ0v) is 21.7. The third kappa shape index (κ3) is 5.31. The fraction of sp³-hybridized carbons (Fsp3) is 0.0968. The molecule has 1 N–H and O–H groups in total. The summed E-state index contributed by atoms with van der Waals surface area (Å²) in [6, 6.07) is 24.8. The maximum atomic E-state index is 13.1. The van der Waals surface area contributed by atoms with Crippen LogP contribution in [-0.4, -0.2) is 29.6 Å². The van der Waals surface area contributed by atoms with Gasteiger partial charge >= 0.3 is 6.18 Å². The fourth-order valence-electron chi connectivity index (χ4n) is 4.55. The van der Waals surface area contributed by atoms with Crippen molar-refractivity contribution >= 4 is 40.3 Å². The molecule has 0 fully saturated rings. The molecule has 7 nitrogen and oxygen atoms in total. The van der Waals surface area contributed by atoms with Gasteiger partial charge in [-0.15, -0.1) is 0 Å². The Kier molecular flexibility index (Phi) is 6.58. The van der Waals surface area contributed by atoms with Crippen LogP contribution in [0.3, 0.4) is 0 Å². The van der Waals surface area contributed by atoms with Crippen molar-refractivity contribution in [2.24, 2.45) is 0 Å². The van der Waals surface area contributed by atoms with Gasteiger partial charge in [0.25, 0.3) is 5.91 Å². The lowest BCUT2D eigenvalue weighted by atomic mass is 10.1. The van der Waals surface area contributed by atoms with E-state index in [9.17, 15) is 18.0 Å². The molecule has 6 rings (SSSR count). The summed E-state index contributed by atoms with van der Waals surface area (Å²) >= 11 is 0. The smallest absolute Gasteiger partial charge is 0.416 e. The zero-order chi connectivity index (χ0) is 28.6. The molecule has 4 aromatic carbocycles. The lowest BCUT2D eigenvalue weighted by Crippen LogP contribution is -2.26. The molecule has 0 unspecified atom stereocenters. The normalized spacial score (nSPS) is 12.7. The van der Waals surface area contributed by atoms with Gasteiger partial charge in [-0.1, -0.05) is 42.5 Å². The molecule has 5 aromatic rings. The average Bonchev–Trinajstić information content (AvgIpc) is 3.60. The van der Waals surface area contributed by atoms with Crippen molar-refractivity contribution in [3.63, 3.8) is 0 Å². The van der Waals surface area contributed by atoms with Gasteiger partial charge in [0.1, 0.15) is 0 Å². The number of hydrogen-bond acceptors (Lipinski definition) is 5. The molecular weight excluding hydrogens is 533 g/mol. The SMILES string of the molecule is CN(c1cccc(NC(=O)c2cccc(C(F)(F)F)c2)c1)n1nc(C=Cc2ccc3c(c2)OCO3)c2ccccc21. The van der Waals surface area contributed by atoms with Crippen LogP contribution in [0.2, 0.25) is 0 Å². The number of para-hydroxylation sites is 1. The minimum absolute atomic E-state index is 0.0875. The Morgan fingerprint density at radius 1 is 0.927 bits per heavy atom. The van der Waals surface area contributed by atoms with Crippen LogP contribution in [0.15, 0.2) is 91.0 Å². The highest BCUT2D eigenvalue weighted by Gasteiger charge is 2.31. The number of amides is 1. The van der Waals surface area contributed by atoms with Gasteiger partial charge in [-0.3, -0.25) is 9.80 Å². The molecular formula is C31H23F3N4O3. The van der Waals surface area contributed by atoms with Gasteiger partial charge in [-0.2, -0.15) is 23.1 Å². The Balaban J connectivity index is 1.26. The van der Waals surface area contributed by atoms with E-state index < -0.39 is 17.6 Å². The number of anilines is 2. The summed E-state index contributed by atoms with van der Waals surface area (Å²) in [5.41, 5.74) is 2.70. The van der Waals surface area contributed by atoms with Gasteiger partial charge in [0.2, 0.25) is 6.79 Å². The van der Waals surface area contributed by atoms with Crippen LogP contribution in [0, 0.1) is 0 Å². The molecule has 1 aromatic heterocycles. The van der Waals surface area contributed by atoms with E-state index in [1.807, 2.05) is 72.7 Å². The third-order valence-corrected chi connectivity index (χ3v) is 6.64. The largest absolute Gasteiger partial charge is 0.454 e. The van der Waals surface area contributed by atoms with Crippen molar-refractivity contribution < 1.29 is 27.4 Å². The first-order valence-corrected chi connectivity index (χ1v) is 12.6. The minimum Gasteiger partial charge on any atom is -0.454 e. The summed E-state index contributed by atoms with van der Waals surface area (Å²) in [4.78, 5) is 14.5. The Morgan fingerprint density at radius 3 is 2.59 bits per heavy atom. The third-order valence-electron chi connectivity index (χ3n) is 6.64. The molecule has 0 radical (unpaired) electrons. The molecule has 41 heavy (non-hydrogen) atoms. The van der Waals surface area contributed by atoms with E-state index in [-0.39, 0.29) is 12.4 Å². The molecule has 0 bridgehead atoms. The van der Waals surface area contributed by atoms with Gasteiger partial charge in [0, 0.05) is 23.7 Å². The van der Waals surface area contributed by atoms with Crippen molar-refractivity contribution in [1.82, 2.24) is 9.89 Å². The monoisotopic (exact) mass is 556 g/mol. The highest BCUT2D eigenvalue weighted by atomic mass is 19.4. The number of rotatable bonds is 6. The number of halogens is 3. The molecule has 0 saturated carbocycles. The second kappa shape index (κ2) is 10.4. The number of carbonyl (C=O) groups excluding carboxylic acids is 1. The molecule has 0 spiro atoms. The summed E-state index contributed by atoms with van der Waals surface area (Å²) in [6.45, 7) is 0.208. The number of fused-ring (bicyclic) bond motifs is 2. The van der Waals surface area contributed by atoms with E-state index in [1.54, 1.807) is 23.0 Å². The lowest BCUT2D eigenvalue weighted by molar-refractivity contribution is -0.137. The number of hydrogen-bond donors (Lipinski definition) is 1. The number of ether oxygens (including phenoxy) is 2. The first-order chi connectivity index (χ1) is 19.8. The van der Waals surface area contributed by atoms with Gasteiger partial charge in [0.05, 0.1) is 22.5 Å². The van der Waals surface area contributed by atoms with Crippen molar-refractivity contribution in [1.29, 1.82) is 0 Å². The van der Waals surface area contributed by atoms with E-state index in [0.717, 1.165) is 34.3 Å². The van der Waals surface area contributed by atoms with Crippen LogP contribution >= 0.6 is 0 Å². The van der Waals surface area contributed by atoms with Gasteiger partial charge in [-0.25, -0.2) is 0 Å². The maximum Gasteiger partial charge on any atom is 0.416 e. The van der Waals surface area contributed by atoms with Gasteiger partial charge < -0.3 is 14.8 Å². The predicted molar refractivity (Wildman–Crippen MR) is 151 cm³/mol. The Morgan fingerprint density at radius 2 is 1.73 bits per heavy atom. The Bertz CT molecular complexity index is 1800. The van der Waals surface area contributed by atoms with E-state index in [2.05, 4.69) is 5.32 Å². The van der Waals surface area contributed by atoms with Gasteiger partial charge in [-0.05, 0) is 66.2 Å². The number of alkyl halides is 3. The lowest BCUT2D eigenvalue weighted by Gasteiger charge is -2.21. The van der Waals surface area contributed by atoms with Crippen molar-refractivity contribution in [3.05, 3.63) is 113 Å². The predicted octanol–water partition coefficient (Wildman–Crippen LogP) is 7.11. The Hall–Kier alpha value is -5.25. The molecule has 1 aliphatic heterocycles. The standard InChI is InChI=1S/C31H23F3N4O3/c1-37(24-9-5-8-23(18-24)35-30(39)21-6-4-7-22(17-21)31(32,33)34)38-27-11-3-2-10-25(27)26(36-38)14-12-20-13-15-28-29(16-20)41-19-40-28/h2-18H,19H2,1H3,(H,35,39). The summed E-state index contributed by atoms with van der Waals surface area (Å²) in [6.07, 6.45) is -0.662. The Labute approximate surface area is 233 Å². The number of carbonyl (C=O) groups is 1. The molecule has 1 amide bonds. The maximum absolute atomic E-state index is 13.1. The topological polar surface area (TPSA) is 68.6 Å². The number of benzene rings is 4. The molecule has 10 heteroatoms. The summed E-state index contributed by atoms with van der Waals surface area (Å²) in [7, 11) is 1.83. The molecule has 0 atom stereocenters. The van der Waals surface area contributed by atoms with Gasteiger partial charge in [0.15, 0.2) is 11.5 Å². The summed E-state index contributed by atoms with van der Waals surface area (Å²) in [5, 5.41) is 10.3. The summed E-state index contributed by atoms with van der Waals surface area (Å²) in [5.74, 6) is 0.769. The number of nitrogens with zero attached hydrogens (tertiary/aromatic N) is 3. The second-order valence-electron chi connectivity index (χ2n) is 9.34. The first-order valence-electron chi connectivity index (χ1n) is 12.6. The van der Waals surface area contributed by atoms with Crippen LogP contribution in [-0.2, 0) is 6.18 Å². The van der Waals surface area contributed by atoms with Crippen LogP contribution in [0.4, 0.5) is 24.5 Å². The first kappa shape index (κ1) is 26.0. The van der Waals surface area contributed by atoms with Crippen molar-refractivity contribution in [2.75, 3.05) is 24.2 Å². The molecule has 1 aliphatic rings. The second-order valence-corrected chi connectivity index (χ2v) is 9.34.